The van der Waals surface area contributed by atoms with E-state index in [4.69, 9.17) is 4.74 Å². The predicted molar refractivity (Wildman–Crippen MR) is 126 cm³/mol. The van der Waals surface area contributed by atoms with Gasteiger partial charge in [0.1, 0.15) is 5.75 Å². The maximum atomic E-state index is 13.2. The molecular formula is C24H29N3O4S. The molecule has 2 aromatic rings. The lowest BCUT2D eigenvalue weighted by Crippen LogP contribution is -2.56. The van der Waals surface area contributed by atoms with Gasteiger partial charge in [-0.15, -0.1) is 0 Å². The number of para-hydroxylation sites is 2. The monoisotopic (exact) mass is 455 g/mol. The largest absolute Gasteiger partial charge is 0.476 e. The molecule has 32 heavy (non-hydrogen) atoms. The van der Waals surface area contributed by atoms with Gasteiger partial charge in [-0.1, -0.05) is 54.6 Å². The zero-order chi connectivity index (χ0) is 22.6. The van der Waals surface area contributed by atoms with Gasteiger partial charge in [-0.05, 0) is 24.6 Å². The van der Waals surface area contributed by atoms with Crippen LogP contribution in [0.4, 0.5) is 5.69 Å². The summed E-state index contributed by atoms with van der Waals surface area (Å²) in [7, 11) is -3.51. The number of benzene rings is 2. The molecule has 1 saturated heterocycles. The van der Waals surface area contributed by atoms with E-state index in [0.717, 1.165) is 19.6 Å². The van der Waals surface area contributed by atoms with Gasteiger partial charge in [0.25, 0.3) is 5.91 Å². The molecule has 4 rings (SSSR count). The van der Waals surface area contributed by atoms with E-state index in [1.54, 1.807) is 36.1 Å². The van der Waals surface area contributed by atoms with E-state index in [9.17, 15) is 13.2 Å². The summed E-state index contributed by atoms with van der Waals surface area (Å²) in [6.07, 6.45) is 3.41. The molecule has 0 bridgehead atoms. The molecule has 1 atom stereocenters. The predicted octanol–water partition coefficient (Wildman–Crippen LogP) is 2.46. The van der Waals surface area contributed by atoms with E-state index < -0.39 is 16.1 Å². The van der Waals surface area contributed by atoms with Crippen LogP contribution in [0.15, 0.2) is 60.7 Å². The SMILES string of the molecule is CCS(=O)(=O)N1C[C@@H](C(=O)N2CCN(C/C=C/c3ccccc3)CC2)Oc2ccccc21. The molecular weight excluding hydrogens is 426 g/mol. The van der Waals surface area contributed by atoms with Crippen LogP contribution in [-0.2, 0) is 14.8 Å². The second kappa shape index (κ2) is 9.75. The average Bonchev–Trinajstić information content (AvgIpc) is 2.84. The quantitative estimate of drug-likeness (QED) is 0.669. The van der Waals surface area contributed by atoms with Crippen LogP contribution in [0.25, 0.3) is 6.08 Å². The molecule has 2 aromatic carbocycles. The number of hydrogen-bond acceptors (Lipinski definition) is 5. The van der Waals surface area contributed by atoms with E-state index in [0.29, 0.717) is 24.5 Å². The van der Waals surface area contributed by atoms with Gasteiger partial charge in [-0.3, -0.25) is 14.0 Å². The van der Waals surface area contributed by atoms with Crippen molar-refractivity contribution in [3.63, 3.8) is 0 Å². The number of nitrogens with zero attached hydrogens (tertiary/aromatic N) is 3. The van der Waals surface area contributed by atoms with E-state index >= 15 is 0 Å². The molecule has 2 aliphatic heterocycles. The van der Waals surface area contributed by atoms with Crippen molar-refractivity contribution in [1.82, 2.24) is 9.80 Å². The van der Waals surface area contributed by atoms with E-state index in [2.05, 4.69) is 29.2 Å². The average molecular weight is 456 g/mol. The fourth-order valence-corrected chi connectivity index (χ4v) is 5.13. The Bertz CT molecular complexity index is 1060. The zero-order valence-corrected chi connectivity index (χ0v) is 19.1. The highest BCUT2D eigenvalue weighted by Gasteiger charge is 2.38. The van der Waals surface area contributed by atoms with Gasteiger partial charge in [-0.25, -0.2) is 8.42 Å². The molecule has 1 amide bonds. The fourth-order valence-electron chi connectivity index (χ4n) is 4.01. The van der Waals surface area contributed by atoms with Crippen molar-refractivity contribution in [2.75, 3.05) is 49.3 Å². The first kappa shape index (κ1) is 22.4. The lowest BCUT2D eigenvalue weighted by molar-refractivity contribution is -0.140. The number of ether oxygens (including phenoxy) is 1. The van der Waals surface area contributed by atoms with Gasteiger partial charge in [0.15, 0.2) is 6.10 Å². The summed E-state index contributed by atoms with van der Waals surface area (Å²) in [5, 5.41) is 0. The Morgan fingerprint density at radius 3 is 2.44 bits per heavy atom. The molecule has 2 aliphatic rings. The number of amides is 1. The lowest BCUT2D eigenvalue weighted by Gasteiger charge is -2.39. The highest BCUT2D eigenvalue weighted by Crippen LogP contribution is 2.35. The van der Waals surface area contributed by atoms with Gasteiger partial charge in [0, 0.05) is 32.7 Å². The summed E-state index contributed by atoms with van der Waals surface area (Å²) in [6, 6.07) is 17.1. The van der Waals surface area contributed by atoms with Crippen molar-refractivity contribution >= 4 is 27.7 Å². The maximum Gasteiger partial charge on any atom is 0.265 e. The summed E-state index contributed by atoms with van der Waals surface area (Å²) in [6.45, 7) is 5.17. The first-order valence-electron chi connectivity index (χ1n) is 11.0. The van der Waals surface area contributed by atoms with Crippen molar-refractivity contribution in [1.29, 1.82) is 0 Å². The van der Waals surface area contributed by atoms with Crippen molar-refractivity contribution < 1.29 is 17.9 Å². The third-order valence-electron chi connectivity index (χ3n) is 5.87. The van der Waals surface area contributed by atoms with Crippen molar-refractivity contribution in [3.05, 3.63) is 66.2 Å². The highest BCUT2D eigenvalue weighted by atomic mass is 32.2. The molecule has 0 aliphatic carbocycles. The van der Waals surface area contributed by atoms with Crippen molar-refractivity contribution in [3.8, 4) is 5.75 Å². The zero-order valence-electron chi connectivity index (χ0n) is 18.3. The number of carbonyl (C=O) groups excluding carboxylic acids is 1. The molecule has 2 heterocycles. The van der Waals surface area contributed by atoms with E-state index in [-0.39, 0.29) is 18.2 Å². The number of piperazine rings is 1. The van der Waals surface area contributed by atoms with Gasteiger partial charge >= 0.3 is 0 Å². The number of rotatable bonds is 6. The van der Waals surface area contributed by atoms with Crippen LogP contribution in [0.2, 0.25) is 0 Å². The highest BCUT2D eigenvalue weighted by molar-refractivity contribution is 7.92. The number of carbonyl (C=O) groups is 1. The van der Waals surface area contributed by atoms with Crippen LogP contribution >= 0.6 is 0 Å². The third kappa shape index (κ3) is 4.97. The smallest absolute Gasteiger partial charge is 0.265 e. The Balaban J connectivity index is 1.36. The van der Waals surface area contributed by atoms with Crippen LogP contribution < -0.4 is 9.04 Å². The second-order valence-corrected chi connectivity index (χ2v) is 10.1. The second-order valence-electron chi connectivity index (χ2n) is 7.94. The molecule has 0 N–H and O–H groups in total. The number of sulfonamides is 1. The van der Waals surface area contributed by atoms with Gasteiger partial charge < -0.3 is 9.64 Å². The Morgan fingerprint density at radius 2 is 1.72 bits per heavy atom. The molecule has 0 aromatic heterocycles. The molecule has 170 valence electrons. The molecule has 1 fully saturated rings. The summed E-state index contributed by atoms with van der Waals surface area (Å²) in [4.78, 5) is 17.3. The molecule has 0 unspecified atom stereocenters. The molecule has 0 spiro atoms. The topological polar surface area (TPSA) is 70.2 Å². The maximum absolute atomic E-state index is 13.2. The molecule has 7 nitrogen and oxygen atoms in total. The van der Waals surface area contributed by atoms with Crippen LogP contribution in [0.3, 0.4) is 0 Å². The first-order chi connectivity index (χ1) is 15.5. The summed E-state index contributed by atoms with van der Waals surface area (Å²) in [5.41, 5.74) is 1.66. The van der Waals surface area contributed by atoms with Gasteiger partial charge in [0.2, 0.25) is 10.0 Å². The molecule has 8 heteroatoms. The minimum atomic E-state index is -3.51. The third-order valence-corrected chi connectivity index (χ3v) is 7.62. The number of hydrogen-bond donors (Lipinski definition) is 0. The first-order valence-corrected chi connectivity index (χ1v) is 12.6. The summed E-state index contributed by atoms with van der Waals surface area (Å²) < 4.78 is 32.5. The van der Waals surface area contributed by atoms with Crippen LogP contribution in [0.1, 0.15) is 12.5 Å². The lowest BCUT2D eigenvalue weighted by atomic mass is 10.2. The summed E-state index contributed by atoms with van der Waals surface area (Å²) >= 11 is 0. The normalized spacial score (nSPS) is 19.6. The Labute approximate surface area is 189 Å². The Morgan fingerprint density at radius 1 is 1.03 bits per heavy atom. The number of anilines is 1. The standard InChI is InChI=1S/C24H29N3O4S/c1-2-32(29,30)27-19-23(31-22-13-7-6-12-21(22)27)24(28)26-17-15-25(16-18-26)14-8-11-20-9-4-3-5-10-20/h3-13,23H,2,14-19H2,1H3/b11-8+/t23-/m0/s1. The summed E-state index contributed by atoms with van der Waals surface area (Å²) in [5.74, 6) is 0.242. The van der Waals surface area contributed by atoms with Gasteiger partial charge in [-0.2, -0.15) is 0 Å². The van der Waals surface area contributed by atoms with E-state index in [1.807, 2.05) is 18.2 Å². The fraction of sp³-hybridized carbons (Fsp3) is 0.375. The van der Waals surface area contributed by atoms with Crippen LogP contribution in [0.5, 0.6) is 5.75 Å². The Hall–Kier alpha value is -2.84. The molecule has 0 radical (unpaired) electrons. The molecule has 0 saturated carbocycles. The number of fused-ring (bicyclic) bond motifs is 1. The minimum Gasteiger partial charge on any atom is -0.476 e. The van der Waals surface area contributed by atoms with Crippen molar-refractivity contribution in [2.24, 2.45) is 0 Å². The van der Waals surface area contributed by atoms with Crippen LogP contribution in [-0.4, -0.2) is 75.3 Å². The van der Waals surface area contributed by atoms with Crippen molar-refractivity contribution in [2.45, 2.75) is 13.0 Å². The minimum absolute atomic E-state index is 0.00600. The van der Waals surface area contributed by atoms with E-state index in [1.165, 1.54) is 9.87 Å². The van der Waals surface area contributed by atoms with Gasteiger partial charge in [0.05, 0.1) is 18.0 Å². The van der Waals surface area contributed by atoms with Crippen LogP contribution in [0, 0.1) is 0 Å². The Kier molecular flexibility index (Phi) is 6.81.